The van der Waals surface area contributed by atoms with Gasteiger partial charge in [0.05, 0.1) is 0 Å². The fraction of sp³-hybridized carbons (Fsp3) is 0.571. The van der Waals surface area contributed by atoms with E-state index in [1.807, 2.05) is 30.3 Å². The van der Waals surface area contributed by atoms with E-state index < -0.39 is 0 Å². The van der Waals surface area contributed by atoms with Crippen LogP contribution in [0.5, 0.6) is 0 Å². The fourth-order valence-electron chi connectivity index (χ4n) is 5.89. The first kappa shape index (κ1) is 16.0. The lowest BCUT2D eigenvalue weighted by atomic mass is 9.53. The van der Waals surface area contributed by atoms with E-state index >= 15 is 0 Å². The topological polar surface area (TPSA) is 68.0 Å². The summed E-state index contributed by atoms with van der Waals surface area (Å²) >= 11 is 0. The van der Waals surface area contributed by atoms with Crippen LogP contribution in [-0.2, 0) is 11.2 Å². The lowest BCUT2D eigenvalue weighted by molar-refractivity contribution is -0.126. The van der Waals surface area contributed by atoms with Crippen LogP contribution in [0.4, 0.5) is 0 Å². The molecule has 4 saturated carbocycles. The van der Waals surface area contributed by atoms with Gasteiger partial charge < -0.3 is 9.73 Å². The highest BCUT2D eigenvalue weighted by Crippen LogP contribution is 2.55. The Bertz CT molecular complexity index is 763. The molecule has 26 heavy (non-hydrogen) atoms. The molecule has 136 valence electrons. The van der Waals surface area contributed by atoms with E-state index in [1.54, 1.807) is 0 Å². The third kappa shape index (κ3) is 3.04. The normalized spacial score (nSPS) is 31.9. The van der Waals surface area contributed by atoms with Gasteiger partial charge in [0.1, 0.15) is 0 Å². The largest absolute Gasteiger partial charge is 0.421 e. The average molecular weight is 351 g/mol. The van der Waals surface area contributed by atoms with Crippen LogP contribution in [0.1, 0.15) is 50.8 Å². The average Bonchev–Trinajstić information content (AvgIpc) is 3.08. The summed E-state index contributed by atoms with van der Waals surface area (Å²) in [5, 5.41) is 11.6. The third-order valence-corrected chi connectivity index (χ3v) is 6.50. The van der Waals surface area contributed by atoms with Gasteiger partial charge in [0.25, 0.3) is 0 Å². The minimum atomic E-state index is 0.0792. The zero-order valence-corrected chi connectivity index (χ0v) is 15.0. The lowest BCUT2D eigenvalue weighted by Crippen LogP contribution is -2.59. The first-order valence-corrected chi connectivity index (χ1v) is 9.86. The lowest BCUT2D eigenvalue weighted by Gasteiger charge is -2.56. The molecule has 4 bridgehead atoms. The number of carbonyl (C=O) groups excluding carboxylic acids is 1. The van der Waals surface area contributed by atoms with Crippen molar-refractivity contribution in [3.05, 3.63) is 36.2 Å². The van der Waals surface area contributed by atoms with Gasteiger partial charge in [-0.25, -0.2) is 0 Å². The Morgan fingerprint density at radius 2 is 1.69 bits per heavy atom. The van der Waals surface area contributed by atoms with Crippen molar-refractivity contribution >= 4 is 5.91 Å². The van der Waals surface area contributed by atoms with Gasteiger partial charge in [-0.15, -0.1) is 10.2 Å². The Morgan fingerprint density at radius 3 is 2.35 bits per heavy atom. The Kier molecular flexibility index (Phi) is 3.84. The summed E-state index contributed by atoms with van der Waals surface area (Å²) in [5.41, 5.74) is 0.986. The minimum Gasteiger partial charge on any atom is -0.421 e. The molecule has 0 aliphatic heterocycles. The molecule has 0 radical (unpaired) electrons. The van der Waals surface area contributed by atoms with E-state index in [0.717, 1.165) is 23.3 Å². The number of aryl methyl sites for hydroxylation is 1. The molecule has 6 rings (SSSR count). The van der Waals surface area contributed by atoms with E-state index in [9.17, 15) is 4.79 Å². The number of benzene rings is 1. The molecular formula is C21H25N3O2. The second-order valence-electron chi connectivity index (χ2n) is 8.61. The molecule has 5 nitrogen and oxygen atoms in total. The van der Waals surface area contributed by atoms with E-state index in [4.69, 9.17) is 4.42 Å². The maximum Gasteiger partial charge on any atom is 0.247 e. The van der Waals surface area contributed by atoms with Crippen LogP contribution < -0.4 is 5.32 Å². The number of nitrogens with zero attached hydrogens (tertiary/aromatic N) is 2. The van der Waals surface area contributed by atoms with Gasteiger partial charge in [-0.05, 0) is 68.4 Å². The molecule has 0 saturated heterocycles. The number of nitrogens with one attached hydrogen (secondary N) is 1. The van der Waals surface area contributed by atoms with Gasteiger partial charge in [-0.3, -0.25) is 4.79 Å². The van der Waals surface area contributed by atoms with Gasteiger partial charge in [-0.1, -0.05) is 18.2 Å². The molecule has 2 aromatic rings. The van der Waals surface area contributed by atoms with Crippen molar-refractivity contribution in [3.8, 4) is 11.5 Å². The molecule has 0 atom stereocenters. The summed E-state index contributed by atoms with van der Waals surface area (Å²) in [5.74, 6) is 3.70. The van der Waals surface area contributed by atoms with Gasteiger partial charge in [0.15, 0.2) is 0 Å². The summed E-state index contributed by atoms with van der Waals surface area (Å²) in [4.78, 5) is 12.6. The first-order valence-electron chi connectivity index (χ1n) is 9.86. The second kappa shape index (κ2) is 6.22. The van der Waals surface area contributed by atoms with Crippen molar-refractivity contribution in [1.82, 2.24) is 15.5 Å². The number of aromatic nitrogens is 2. The van der Waals surface area contributed by atoms with Crippen LogP contribution >= 0.6 is 0 Å². The molecule has 5 heteroatoms. The predicted octanol–water partition coefficient (Wildman–Crippen LogP) is 3.75. The van der Waals surface area contributed by atoms with E-state index in [0.29, 0.717) is 24.6 Å². The molecule has 1 amide bonds. The third-order valence-electron chi connectivity index (χ3n) is 6.50. The molecular weight excluding hydrogens is 326 g/mol. The number of amides is 1. The molecule has 0 unspecified atom stereocenters. The van der Waals surface area contributed by atoms with Crippen LogP contribution in [0.2, 0.25) is 0 Å². The maximum atomic E-state index is 12.6. The Morgan fingerprint density at radius 1 is 1.04 bits per heavy atom. The number of carbonyl (C=O) groups is 1. The molecule has 4 fully saturated rings. The van der Waals surface area contributed by atoms with E-state index in [1.165, 1.54) is 38.5 Å². The van der Waals surface area contributed by atoms with E-state index in [2.05, 4.69) is 15.5 Å². The summed E-state index contributed by atoms with van der Waals surface area (Å²) in [7, 11) is 0. The van der Waals surface area contributed by atoms with Crippen LogP contribution in [0.25, 0.3) is 11.5 Å². The fourth-order valence-corrected chi connectivity index (χ4v) is 5.89. The van der Waals surface area contributed by atoms with Crippen LogP contribution in [-0.4, -0.2) is 21.6 Å². The number of rotatable bonds is 5. The summed E-state index contributed by atoms with van der Waals surface area (Å²) < 4.78 is 5.71. The Labute approximate surface area is 153 Å². The summed E-state index contributed by atoms with van der Waals surface area (Å²) in [6.45, 7) is 0. The first-order chi connectivity index (χ1) is 12.7. The Balaban J connectivity index is 1.19. The highest BCUT2D eigenvalue weighted by Gasteiger charge is 2.51. The van der Waals surface area contributed by atoms with Crippen LogP contribution in [0.3, 0.4) is 0 Å². The predicted molar refractivity (Wildman–Crippen MR) is 97.1 cm³/mol. The van der Waals surface area contributed by atoms with Crippen molar-refractivity contribution in [3.63, 3.8) is 0 Å². The smallest absolute Gasteiger partial charge is 0.247 e. The molecule has 4 aliphatic rings. The van der Waals surface area contributed by atoms with Crippen molar-refractivity contribution in [1.29, 1.82) is 0 Å². The van der Waals surface area contributed by atoms with Crippen LogP contribution in [0.15, 0.2) is 34.7 Å². The molecule has 4 aliphatic carbocycles. The highest BCUT2D eigenvalue weighted by molar-refractivity contribution is 5.77. The van der Waals surface area contributed by atoms with Crippen molar-refractivity contribution in [2.45, 2.75) is 56.9 Å². The molecule has 1 aromatic carbocycles. The highest BCUT2D eigenvalue weighted by atomic mass is 16.4. The number of hydrogen-bond donors (Lipinski definition) is 1. The standard InChI is InChI=1S/C21H25N3O2/c25-18(22-21-11-14-8-15(12-21)10-16(9-14)13-21)6-7-19-23-24-20(26-19)17-4-2-1-3-5-17/h1-5,14-16H,6-13H2,(H,22,25). The monoisotopic (exact) mass is 351 g/mol. The van der Waals surface area contributed by atoms with Crippen molar-refractivity contribution < 1.29 is 9.21 Å². The van der Waals surface area contributed by atoms with Gasteiger partial charge >= 0.3 is 0 Å². The zero-order chi connectivity index (χ0) is 17.6. The number of hydrogen-bond acceptors (Lipinski definition) is 4. The minimum absolute atomic E-state index is 0.0792. The molecule has 1 aromatic heterocycles. The van der Waals surface area contributed by atoms with Crippen molar-refractivity contribution in [2.75, 3.05) is 0 Å². The molecule has 1 N–H and O–H groups in total. The summed E-state index contributed by atoms with van der Waals surface area (Å²) in [6, 6.07) is 9.72. The van der Waals surface area contributed by atoms with Gasteiger partial charge in [0, 0.05) is 23.9 Å². The SMILES string of the molecule is O=C(CCc1nnc(-c2ccccc2)o1)NC12CC3CC(CC(C3)C1)C2. The van der Waals surface area contributed by atoms with Gasteiger partial charge in [0.2, 0.25) is 17.7 Å². The summed E-state index contributed by atoms with van der Waals surface area (Å²) in [6.07, 6.45) is 8.63. The molecule has 0 spiro atoms. The Hall–Kier alpha value is -2.17. The maximum absolute atomic E-state index is 12.6. The van der Waals surface area contributed by atoms with Crippen LogP contribution in [0, 0.1) is 17.8 Å². The molecule has 1 heterocycles. The van der Waals surface area contributed by atoms with E-state index in [-0.39, 0.29) is 11.4 Å². The zero-order valence-electron chi connectivity index (χ0n) is 15.0. The second-order valence-corrected chi connectivity index (χ2v) is 8.61. The van der Waals surface area contributed by atoms with Crippen molar-refractivity contribution in [2.24, 2.45) is 17.8 Å². The quantitative estimate of drug-likeness (QED) is 0.891. The van der Waals surface area contributed by atoms with Gasteiger partial charge in [-0.2, -0.15) is 0 Å².